The summed E-state index contributed by atoms with van der Waals surface area (Å²) in [6.45, 7) is 1.72. The van der Waals surface area contributed by atoms with E-state index >= 15 is 0 Å². The second-order valence-corrected chi connectivity index (χ2v) is 5.04. The number of hydrogen-bond acceptors (Lipinski definition) is 3. The summed E-state index contributed by atoms with van der Waals surface area (Å²) in [4.78, 5) is 11.8. The number of aliphatic hydroxyl groups is 2. The van der Waals surface area contributed by atoms with E-state index in [0.717, 1.165) is 12.1 Å². The van der Waals surface area contributed by atoms with E-state index in [1.54, 1.807) is 0 Å². The van der Waals surface area contributed by atoms with Gasteiger partial charge in [0.25, 0.3) is 0 Å². The highest BCUT2D eigenvalue weighted by Crippen LogP contribution is 2.29. The molecule has 1 aromatic rings. The SMILES string of the molecule is CC[C@@H](CCO)NC(=O)[C@@H](O)Cc1cccc(C(F)(F)F)c1. The number of nitrogens with one attached hydrogen (secondary N) is 1. The van der Waals surface area contributed by atoms with Gasteiger partial charge in [0.05, 0.1) is 5.56 Å². The fourth-order valence-corrected chi connectivity index (χ4v) is 2.02. The Hall–Kier alpha value is -1.60. The number of carbonyl (C=O) groups is 1. The maximum absolute atomic E-state index is 12.6. The molecule has 0 spiro atoms. The maximum Gasteiger partial charge on any atom is 0.416 e. The molecule has 0 radical (unpaired) electrons. The Kier molecular flexibility index (Phi) is 6.83. The summed E-state index contributed by atoms with van der Waals surface area (Å²) in [5, 5.41) is 21.2. The summed E-state index contributed by atoms with van der Waals surface area (Å²) < 4.78 is 37.8. The van der Waals surface area contributed by atoms with Crippen LogP contribution in [0.5, 0.6) is 0 Å². The van der Waals surface area contributed by atoms with Crippen molar-refractivity contribution >= 4 is 5.91 Å². The molecule has 7 heteroatoms. The number of aliphatic hydroxyl groups excluding tert-OH is 2. The van der Waals surface area contributed by atoms with Crippen molar-refractivity contribution in [2.24, 2.45) is 0 Å². The lowest BCUT2D eigenvalue weighted by Crippen LogP contribution is -2.42. The minimum Gasteiger partial charge on any atom is -0.396 e. The predicted molar refractivity (Wildman–Crippen MR) is 75.1 cm³/mol. The highest BCUT2D eigenvalue weighted by atomic mass is 19.4. The number of hydrogen-bond donors (Lipinski definition) is 3. The molecule has 0 heterocycles. The summed E-state index contributed by atoms with van der Waals surface area (Å²) in [7, 11) is 0. The van der Waals surface area contributed by atoms with Crippen molar-refractivity contribution in [3.63, 3.8) is 0 Å². The number of rotatable bonds is 7. The number of halogens is 3. The van der Waals surface area contributed by atoms with Gasteiger partial charge in [-0.05, 0) is 24.5 Å². The van der Waals surface area contributed by atoms with Gasteiger partial charge in [-0.3, -0.25) is 4.79 Å². The quantitative estimate of drug-likeness (QED) is 0.719. The molecule has 1 amide bonds. The average molecular weight is 319 g/mol. The highest BCUT2D eigenvalue weighted by Gasteiger charge is 2.30. The molecule has 0 aliphatic rings. The van der Waals surface area contributed by atoms with Gasteiger partial charge in [0, 0.05) is 19.1 Å². The lowest BCUT2D eigenvalue weighted by atomic mass is 10.0. The summed E-state index contributed by atoms with van der Waals surface area (Å²) >= 11 is 0. The third-order valence-electron chi connectivity index (χ3n) is 3.30. The van der Waals surface area contributed by atoms with Crippen LogP contribution in [-0.4, -0.2) is 34.9 Å². The van der Waals surface area contributed by atoms with Gasteiger partial charge in [-0.1, -0.05) is 25.1 Å². The lowest BCUT2D eigenvalue weighted by molar-refractivity contribution is -0.137. The van der Waals surface area contributed by atoms with E-state index in [-0.39, 0.29) is 24.6 Å². The van der Waals surface area contributed by atoms with Gasteiger partial charge in [0.1, 0.15) is 6.10 Å². The predicted octanol–water partition coefficient (Wildman–Crippen LogP) is 1.89. The molecule has 0 aliphatic carbocycles. The summed E-state index contributed by atoms with van der Waals surface area (Å²) in [5.74, 6) is -0.655. The second-order valence-electron chi connectivity index (χ2n) is 5.04. The van der Waals surface area contributed by atoms with Crippen molar-refractivity contribution in [2.45, 2.75) is 44.5 Å². The first-order valence-corrected chi connectivity index (χ1v) is 7.03. The van der Waals surface area contributed by atoms with Crippen molar-refractivity contribution in [2.75, 3.05) is 6.61 Å². The minimum atomic E-state index is -4.46. The fourth-order valence-electron chi connectivity index (χ4n) is 2.02. The van der Waals surface area contributed by atoms with Crippen LogP contribution in [0.2, 0.25) is 0 Å². The monoisotopic (exact) mass is 319 g/mol. The van der Waals surface area contributed by atoms with E-state index in [2.05, 4.69) is 5.32 Å². The standard InChI is InChI=1S/C15H20F3NO3/c1-2-12(6-7-20)19-14(22)13(21)9-10-4-3-5-11(8-10)15(16,17)18/h3-5,8,12-13,20-21H,2,6-7,9H2,1H3,(H,19,22)/t12-,13-/m0/s1. The first kappa shape index (κ1) is 18.4. The Bertz CT molecular complexity index is 491. The molecule has 0 saturated heterocycles. The molecule has 124 valence electrons. The van der Waals surface area contributed by atoms with E-state index in [1.807, 2.05) is 6.92 Å². The molecule has 0 aliphatic heterocycles. The molecule has 2 atom stereocenters. The van der Waals surface area contributed by atoms with Gasteiger partial charge in [-0.25, -0.2) is 0 Å². The minimum absolute atomic E-state index is 0.0947. The van der Waals surface area contributed by atoms with E-state index < -0.39 is 23.8 Å². The number of amides is 1. The van der Waals surface area contributed by atoms with Gasteiger partial charge in [-0.15, -0.1) is 0 Å². The zero-order valence-electron chi connectivity index (χ0n) is 12.2. The molecule has 1 aromatic carbocycles. The average Bonchev–Trinajstić information content (AvgIpc) is 2.46. The van der Waals surface area contributed by atoms with Crippen molar-refractivity contribution in [1.29, 1.82) is 0 Å². The van der Waals surface area contributed by atoms with Crippen molar-refractivity contribution in [3.05, 3.63) is 35.4 Å². The normalized spacial score (nSPS) is 14.5. The van der Waals surface area contributed by atoms with Crippen molar-refractivity contribution in [3.8, 4) is 0 Å². The molecular weight excluding hydrogens is 299 g/mol. The zero-order chi connectivity index (χ0) is 16.8. The van der Waals surface area contributed by atoms with Crippen LogP contribution in [0.3, 0.4) is 0 Å². The van der Waals surface area contributed by atoms with Crippen LogP contribution in [0.1, 0.15) is 30.9 Å². The smallest absolute Gasteiger partial charge is 0.396 e. The number of alkyl halides is 3. The molecule has 1 rings (SSSR count). The van der Waals surface area contributed by atoms with E-state index in [1.165, 1.54) is 12.1 Å². The maximum atomic E-state index is 12.6. The van der Waals surface area contributed by atoms with Crippen LogP contribution in [0, 0.1) is 0 Å². The van der Waals surface area contributed by atoms with E-state index in [9.17, 15) is 23.1 Å². The molecule has 0 fully saturated rings. The second kappa shape index (κ2) is 8.14. The zero-order valence-corrected chi connectivity index (χ0v) is 12.2. The van der Waals surface area contributed by atoms with E-state index in [0.29, 0.717) is 12.8 Å². The number of carbonyl (C=O) groups excluding carboxylic acids is 1. The summed E-state index contributed by atoms with van der Waals surface area (Å²) in [6.07, 6.45) is -5.15. The summed E-state index contributed by atoms with van der Waals surface area (Å²) in [5.41, 5.74) is -0.586. The third kappa shape index (κ3) is 5.65. The van der Waals surface area contributed by atoms with Crippen LogP contribution in [0.15, 0.2) is 24.3 Å². The molecule has 0 unspecified atom stereocenters. The molecule has 0 aromatic heterocycles. The largest absolute Gasteiger partial charge is 0.416 e. The van der Waals surface area contributed by atoms with Crippen LogP contribution in [0.4, 0.5) is 13.2 Å². The molecule has 3 N–H and O–H groups in total. The van der Waals surface area contributed by atoms with Gasteiger partial charge in [-0.2, -0.15) is 13.2 Å². The molecule has 0 saturated carbocycles. The van der Waals surface area contributed by atoms with Gasteiger partial charge in [0.2, 0.25) is 5.91 Å². The molecule has 0 bridgehead atoms. The van der Waals surface area contributed by atoms with Crippen LogP contribution >= 0.6 is 0 Å². The first-order chi connectivity index (χ1) is 10.3. The van der Waals surface area contributed by atoms with Crippen LogP contribution < -0.4 is 5.32 Å². The van der Waals surface area contributed by atoms with Crippen molar-refractivity contribution in [1.82, 2.24) is 5.32 Å². The first-order valence-electron chi connectivity index (χ1n) is 7.03. The van der Waals surface area contributed by atoms with Crippen molar-refractivity contribution < 1.29 is 28.2 Å². The topological polar surface area (TPSA) is 69.6 Å². The number of benzene rings is 1. The van der Waals surface area contributed by atoms with Gasteiger partial charge in [0.15, 0.2) is 0 Å². The lowest BCUT2D eigenvalue weighted by Gasteiger charge is -2.18. The Balaban J connectivity index is 2.68. The van der Waals surface area contributed by atoms with Gasteiger partial charge >= 0.3 is 6.18 Å². The Morgan fingerprint density at radius 3 is 2.59 bits per heavy atom. The fraction of sp³-hybridized carbons (Fsp3) is 0.533. The van der Waals surface area contributed by atoms with E-state index in [4.69, 9.17) is 5.11 Å². The highest BCUT2D eigenvalue weighted by molar-refractivity contribution is 5.81. The summed E-state index contributed by atoms with van der Waals surface area (Å²) in [6, 6.07) is 4.25. The Morgan fingerprint density at radius 1 is 1.36 bits per heavy atom. The van der Waals surface area contributed by atoms with Crippen LogP contribution in [0.25, 0.3) is 0 Å². The Labute approximate surface area is 127 Å². The van der Waals surface area contributed by atoms with Gasteiger partial charge < -0.3 is 15.5 Å². The molecule has 4 nitrogen and oxygen atoms in total. The van der Waals surface area contributed by atoms with Crippen LogP contribution in [-0.2, 0) is 17.4 Å². The third-order valence-corrected chi connectivity index (χ3v) is 3.30. The molecule has 22 heavy (non-hydrogen) atoms. The molecular formula is C15H20F3NO3. The Morgan fingerprint density at radius 2 is 2.05 bits per heavy atom.